The van der Waals surface area contributed by atoms with Crippen LogP contribution < -0.4 is 9.64 Å². The molecule has 9 nitrogen and oxygen atoms in total. The molecule has 182 valence electrons. The molecule has 0 saturated carbocycles. The Morgan fingerprint density at radius 2 is 1.62 bits per heavy atom. The molecule has 0 spiro atoms. The summed E-state index contributed by atoms with van der Waals surface area (Å²) in [4.78, 5) is 17.3. The molecule has 10 heteroatoms. The van der Waals surface area contributed by atoms with E-state index in [1.165, 1.54) is 4.31 Å². The molecule has 3 aliphatic heterocycles. The fourth-order valence-electron chi connectivity index (χ4n) is 4.53. The van der Waals surface area contributed by atoms with E-state index in [9.17, 15) is 13.2 Å². The number of ether oxygens (including phenoxy) is 3. The lowest BCUT2D eigenvalue weighted by atomic mass is 10.1. The van der Waals surface area contributed by atoms with Crippen LogP contribution in [0.1, 0.15) is 5.56 Å². The molecule has 5 rings (SSSR count). The number of rotatable bonds is 5. The van der Waals surface area contributed by atoms with Gasteiger partial charge in [-0.15, -0.1) is 0 Å². The molecule has 2 aromatic carbocycles. The van der Waals surface area contributed by atoms with Gasteiger partial charge in [-0.2, -0.15) is 4.31 Å². The quantitative estimate of drug-likeness (QED) is 0.629. The van der Waals surface area contributed by atoms with E-state index in [4.69, 9.17) is 14.2 Å². The van der Waals surface area contributed by atoms with Crippen molar-refractivity contribution in [2.24, 2.45) is 0 Å². The Kier molecular flexibility index (Phi) is 6.73. The largest absolute Gasteiger partial charge is 0.477 e. The Hall–Kier alpha value is -2.66. The van der Waals surface area contributed by atoms with Crippen molar-refractivity contribution in [1.29, 1.82) is 0 Å². The van der Waals surface area contributed by atoms with Gasteiger partial charge in [0.15, 0.2) is 6.10 Å². The number of morpholine rings is 2. The van der Waals surface area contributed by atoms with E-state index in [0.717, 1.165) is 11.3 Å². The van der Waals surface area contributed by atoms with Crippen LogP contribution in [0.2, 0.25) is 0 Å². The molecule has 0 bridgehead atoms. The molecule has 0 N–H and O–H groups in total. The van der Waals surface area contributed by atoms with Gasteiger partial charge in [0.1, 0.15) is 5.75 Å². The fraction of sp³-hybridized carbons (Fsp3) is 0.458. The highest BCUT2D eigenvalue weighted by molar-refractivity contribution is 7.89. The van der Waals surface area contributed by atoms with Crippen molar-refractivity contribution in [3.63, 3.8) is 0 Å². The predicted molar refractivity (Wildman–Crippen MR) is 125 cm³/mol. The molecule has 34 heavy (non-hydrogen) atoms. The molecule has 2 aromatic rings. The monoisotopic (exact) mass is 487 g/mol. The van der Waals surface area contributed by atoms with Gasteiger partial charge < -0.3 is 24.0 Å². The van der Waals surface area contributed by atoms with Crippen molar-refractivity contribution in [1.82, 2.24) is 9.21 Å². The summed E-state index contributed by atoms with van der Waals surface area (Å²) in [5.74, 6) is 0.601. The maximum atomic E-state index is 13.1. The Morgan fingerprint density at radius 1 is 0.912 bits per heavy atom. The molecular weight excluding hydrogens is 458 g/mol. The van der Waals surface area contributed by atoms with E-state index in [2.05, 4.69) is 4.90 Å². The zero-order valence-corrected chi connectivity index (χ0v) is 19.8. The Balaban J connectivity index is 1.37. The summed E-state index contributed by atoms with van der Waals surface area (Å²) in [5, 5.41) is 0. The minimum atomic E-state index is -3.59. The van der Waals surface area contributed by atoms with E-state index in [1.54, 1.807) is 23.1 Å². The fourth-order valence-corrected chi connectivity index (χ4v) is 6.01. The third kappa shape index (κ3) is 4.76. The van der Waals surface area contributed by atoms with Crippen LogP contribution in [0.25, 0.3) is 0 Å². The average Bonchev–Trinajstić information content (AvgIpc) is 2.89. The van der Waals surface area contributed by atoms with Gasteiger partial charge in [0.05, 0.1) is 43.6 Å². The van der Waals surface area contributed by atoms with Gasteiger partial charge in [-0.25, -0.2) is 8.42 Å². The molecular formula is C24H29N3O6S. The first kappa shape index (κ1) is 23.1. The first-order chi connectivity index (χ1) is 16.5. The number of carbonyl (C=O) groups excluding carboxylic acids is 1. The highest BCUT2D eigenvalue weighted by Gasteiger charge is 2.34. The topological polar surface area (TPSA) is 88.6 Å². The van der Waals surface area contributed by atoms with E-state index < -0.39 is 16.1 Å². The first-order valence-corrected chi connectivity index (χ1v) is 13.0. The number of amides is 1. The van der Waals surface area contributed by atoms with Crippen LogP contribution in [0.15, 0.2) is 53.4 Å². The molecule has 0 aliphatic carbocycles. The summed E-state index contributed by atoms with van der Waals surface area (Å²) in [6, 6.07) is 14.7. The van der Waals surface area contributed by atoms with Gasteiger partial charge in [-0.3, -0.25) is 4.79 Å². The molecule has 3 heterocycles. The standard InChI is InChI=1S/C24H29N3O6S/c28-24(25-8-12-31-13-9-25)23-18-26(21-6-1-2-7-22(21)33-23)17-19-4-3-5-20(16-19)34(29,30)27-10-14-32-15-11-27/h1-7,16,23H,8-15,17-18H2. The van der Waals surface area contributed by atoms with E-state index in [-0.39, 0.29) is 10.8 Å². The van der Waals surface area contributed by atoms with Crippen molar-refractivity contribution in [3.8, 4) is 5.75 Å². The lowest BCUT2D eigenvalue weighted by molar-refractivity contribution is -0.142. The average molecular weight is 488 g/mol. The third-order valence-electron chi connectivity index (χ3n) is 6.34. The Labute approximate surface area is 199 Å². The smallest absolute Gasteiger partial charge is 0.265 e. The summed E-state index contributed by atoms with van der Waals surface area (Å²) in [7, 11) is -3.59. The normalized spacial score (nSPS) is 21.6. The maximum Gasteiger partial charge on any atom is 0.265 e. The van der Waals surface area contributed by atoms with Crippen LogP contribution in [0.5, 0.6) is 5.75 Å². The van der Waals surface area contributed by atoms with E-state index >= 15 is 0 Å². The Morgan fingerprint density at radius 3 is 2.38 bits per heavy atom. The number of sulfonamides is 1. The number of carbonyl (C=O) groups is 1. The second-order valence-corrected chi connectivity index (χ2v) is 10.5. The summed E-state index contributed by atoms with van der Waals surface area (Å²) < 4.78 is 44.5. The molecule has 3 aliphatic rings. The highest BCUT2D eigenvalue weighted by atomic mass is 32.2. The SMILES string of the molecule is O=C(C1CN(Cc2cccc(S(=O)(=O)N3CCOCC3)c2)c2ccccc2O1)N1CCOCC1. The zero-order valence-electron chi connectivity index (χ0n) is 19.0. The van der Waals surface area contributed by atoms with Crippen LogP contribution >= 0.6 is 0 Å². The van der Waals surface area contributed by atoms with Gasteiger partial charge in [-0.1, -0.05) is 24.3 Å². The molecule has 1 amide bonds. The summed E-state index contributed by atoms with van der Waals surface area (Å²) in [6.07, 6.45) is -0.631. The maximum absolute atomic E-state index is 13.1. The number of anilines is 1. The number of hydrogen-bond donors (Lipinski definition) is 0. The summed E-state index contributed by atoms with van der Waals surface area (Å²) >= 11 is 0. The molecule has 0 aromatic heterocycles. The number of benzene rings is 2. The molecule has 2 fully saturated rings. The van der Waals surface area contributed by atoms with Crippen molar-refractivity contribution in [2.45, 2.75) is 17.5 Å². The van der Waals surface area contributed by atoms with Gasteiger partial charge in [-0.05, 0) is 29.8 Å². The van der Waals surface area contributed by atoms with Crippen LogP contribution in [0.4, 0.5) is 5.69 Å². The minimum Gasteiger partial charge on any atom is -0.477 e. The summed E-state index contributed by atoms with van der Waals surface area (Å²) in [6.45, 7) is 4.54. The van der Waals surface area contributed by atoms with Gasteiger partial charge in [0, 0.05) is 32.7 Å². The van der Waals surface area contributed by atoms with Crippen molar-refractivity contribution in [2.75, 3.05) is 64.1 Å². The predicted octanol–water partition coefficient (Wildman–Crippen LogP) is 1.33. The van der Waals surface area contributed by atoms with Crippen LogP contribution in [-0.4, -0.2) is 88.8 Å². The number of para-hydroxylation sites is 2. The molecule has 0 radical (unpaired) electrons. The van der Waals surface area contributed by atoms with Gasteiger partial charge >= 0.3 is 0 Å². The first-order valence-electron chi connectivity index (χ1n) is 11.6. The molecule has 1 atom stereocenters. The lowest BCUT2D eigenvalue weighted by Gasteiger charge is -2.38. The number of fused-ring (bicyclic) bond motifs is 1. The van der Waals surface area contributed by atoms with E-state index in [1.807, 2.05) is 30.3 Å². The van der Waals surface area contributed by atoms with E-state index in [0.29, 0.717) is 71.4 Å². The second kappa shape index (κ2) is 9.91. The number of nitrogens with zero attached hydrogens (tertiary/aromatic N) is 3. The second-order valence-electron chi connectivity index (χ2n) is 8.56. The van der Waals surface area contributed by atoms with Crippen LogP contribution in [0.3, 0.4) is 0 Å². The Bertz CT molecular complexity index is 1130. The molecule has 2 saturated heterocycles. The zero-order chi connectivity index (χ0) is 23.5. The minimum absolute atomic E-state index is 0.0496. The molecule has 1 unspecified atom stereocenters. The van der Waals surface area contributed by atoms with Crippen molar-refractivity contribution < 1.29 is 27.4 Å². The highest BCUT2D eigenvalue weighted by Crippen LogP contribution is 2.35. The number of hydrogen-bond acceptors (Lipinski definition) is 7. The van der Waals surface area contributed by atoms with Crippen LogP contribution in [0, 0.1) is 0 Å². The summed E-state index contributed by atoms with van der Waals surface area (Å²) in [5.41, 5.74) is 1.73. The lowest BCUT2D eigenvalue weighted by Crippen LogP contribution is -2.52. The van der Waals surface area contributed by atoms with Crippen molar-refractivity contribution >= 4 is 21.6 Å². The van der Waals surface area contributed by atoms with Crippen LogP contribution in [-0.2, 0) is 30.8 Å². The third-order valence-corrected chi connectivity index (χ3v) is 8.23. The van der Waals surface area contributed by atoms with Crippen molar-refractivity contribution in [3.05, 3.63) is 54.1 Å². The van der Waals surface area contributed by atoms with Gasteiger partial charge in [0.25, 0.3) is 5.91 Å². The van der Waals surface area contributed by atoms with Gasteiger partial charge in [0.2, 0.25) is 10.0 Å².